The number of rotatable bonds is 4. The van der Waals surface area contributed by atoms with Gasteiger partial charge in [-0.1, -0.05) is 18.5 Å². The smallest absolute Gasteiger partial charge is 0.312 e. The molecule has 0 aromatic carbocycles. The molecule has 1 aromatic rings. The number of likely N-dealkylation sites (tertiary alicyclic amines) is 1. The molecule has 1 unspecified atom stereocenters. The lowest BCUT2D eigenvalue weighted by Crippen LogP contribution is -2.33. The van der Waals surface area contributed by atoms with Gasteiger partial charge < -0.3 is 9.63 Å². The van der Waals surface area contributed by atoms with Crippen molar-refractivity contribution in [2.45, 2.75) is 38.6 Å². The molecule has 0 saturated carbocycles. The van der Waals surface area contributed by atoms with Crippen LogP contribution in [0.25, 0.3) is 0 Å². The first kappa shape index (κ1) is 12.0. The van der Waals surface area contributed by atoms with E-state index in [0.717, 1.165) is 25.9 Å². The Balaban J connectivity index is 2.09. The van der Waals surface area contributed by atoms with Gasteiger partial charge in [0.25, 0.3) is 0 Å². The van der Waals surface area contributed by atoms with E-state index in [-0.39, 0.29) is 18.4 Å². The molecule has 1 fully saturated rings. The summed E-state index contributed by atoms with van der Waals surface area (Å²) in [6.45, 7) is 4.11. The second-order valence-electron chi connectivity index (χ2n) is 4.26. The van der Waals surface area contributed by atoms with Crippen LogP contribution in [0.3, 0.4) is 0 Å². The highest BCUT2D eigenvalue weighted by Crippen LogP contribution is 2.28. The van der Waals surface area contributed by atoms with Gasteiger partial charge in [0.1, 0.15) is 6.42 Å². The number of aromatic nitrogens is 2. The quantitative estimate of drug-likeness (QED) is 0.851. The maximum absolute atomic E-state index is 10.5. The van der Waals surface area contributed by atoms with E-state index in [1.807, 2.05) is 0 Å². The molecule has 6 heteroatoms. The molecule has 6 nitrogen and oxygen atoms in total. The van der Waals surface area contributed by atoms with Crippen LogP contribution in [0.2, 0.25) is 0 Å². The van der Waals surface area contributed by atoms with Gasteiger partial charge in [-0.3, -0.25) is 9.69 Å². The first-order chi connectivity index (χ1) is 8.20. The summed E-state index contributed by atoms with van der Waals surface area (Å²) in [5, 5.41) is 12.5. The fourth-order valence-electron chi connectivity index (χ4n) is 2.27. The van der Waals surface area contributed by atoms with Crippen molar-refractivity contribution in [2.24, 2.45) is 0 Å². The van der Waals surface area contributed by atoms with Crippen LogP contribution in [-0.4, -0.2) is 39.2 Å². The van der Waals surface area contributed by atoms with Crippen LogP contribution in [0.5, 0.6) is 0 Å². The first-order valence-electron chi connectivity index (χ1n) is 5.99. The standard InChI is InChI=1S/C11H17N3O3/c1-2-14-6-4-3-5-8(14)11-12-9(17-13-11)7-10(15)16/h8H,2-7H2,1H3,(H,15,16). The predicted molar refractivity (Wildman–Crippen MR) is 59.5 cm³/mol. The third-order valence-corrected chi connectivity index (χ3v) is 3.10. The Bertz CT molecular complexity index is 391. The van der Waals surface area contributed by atoms with E-state index >= 15 is 0 Å². The molecule has 0 bridgehead atoms. The number of carboxylic acid groups (broad SMARTS) is 1. The zero-order chi connectivity index (χ0) is 12.3. The summed E-state index contributed by atoms with van der Waals surface area (Å²) in [7, 11) is 0. The number of carboxylic acids is 1. The van der Waals surface area contributed by atoms with E-state index in [0.29, 0.717) is 5.82 Å². The Morgan fingerprint density at radius 1 is 1.59 bits per heavy atom. The van der Waals surface area contributed by atoms with Crippen molar-refractivity contribution in [3.63, 3.8) is 0 Å². The molecule has 0 aliphatic carbocycles. The van der Waals surface area contributed by atoms with E-state index in [4.69, 9.17) is 9.63 Å². The summed E-state index contributed by atoms with van der Waals surface area (Å²) >= 11 is 0. The molecule has 0 radical (unpaired) electrons. The maximum Gasteiger partial charge on any atom is 0.312 e. The largest absolute Gasteiger partial charge is 0.481 e. The minimum atomic E-state index is -0.948. The summed E-state index contributed by atoms with van der Waals surface area (Å²) in [6, 6.07) is 0.181. The van der Waals surface area contributed by atoms with Crippen LogP contribution in [0.4, 0.5) is 0 Å². The highest BCUT2D eigenvalue weighted by atomic mass is 16.5. The highest BCUT2D eigenvalue weighted by molar-refractivity contribution is 5.68. The minimum Gasteiger partial charge on any atom is -0.481 e. The molecular weight excluding hydrogens is 222 g/mol. The summed E-state index contributed by atoms with van der Waals surface area (Å²) in [5.41, 5.74) is 0. The van der Waals surface area contributed by atoms with E-state index < -0.39 is 5.97 Å². The van der Waals surface area contributed by atoms with E-state index in [2.05, 4.69) is 22.0 Å². The lowest BCUT2D eigenvalue weighted by molar-refractivity contribution is -0.136. The Morgan fingerprint density at radius 3 is 3.12 bits per heavy atom. The van der Waals surface area contributed by atoms with E-state index in [9.17, 15) is 4.79 Å². The van der Waals surface area contributed by atoms with Crippen molar-refractivity contribution in [3.8, 4) is 0 Å². The first-order valence-corrected chi connectivity index (χ1v) is 5.99. The van der Waals surface area contributed by atoms with Gasteiger partial charge in [-0.15, -0.1) is 0 Å². The second-order valence-corrected chi connectivity index (χ2v) is 4.26. The van der Waals surface area contributed by atoms with Gasteiger partial charge in [-0.25, -0.2) is 0 Å². The van der Waals surface area contributed by atoms with Crippen LogP contribution in [0.1, 0.15) is 43.9 Å². The van der Waals surface area contributed by atoms with Crippen LogP contribution in [0, 0.1) is 0 Å². The van der Waals surface area contributed by atoms with Crippen molar-refractivity contribution in [1.82, 2.24) is 15.0 Å². The molecule has 1 aromatic heterocycles. The van der Waals surface area contributed by atoms with Gasteiger partial charge >= 0.3 is 5.97 Å². The Hall–Kier alpha value is -1.43. The molecule has 0 spiro atoms. The molecule has 2 rings (SSSR count). The summed E-state index contributed by atoms with van der Waals surface area (Å²) in [5.74, 6) is -0.131. The fourth-order valence-corrected chi connectivity index (χ4v) is 2.27. The lowest BCUT2D eigenvalue weighted by atomic mass is 10.0. The zero-order valence-corrected chi connectivity index (χ0v) is 9.93. The SMILES string of the molecule is CCN1CCCCC1c1noc(CC(=O)O)n1. The van der Waals surface area contributed by atoms with Gasteiger partial charge in [0.2, 0.25) is 5.89 Å². The average Bonchev–Trinajstić information content (AvgIpc) is 2.76. The Labute approximate surface area is 99.6 Å². The minimum absolute atomic E-state index is 0.181. The molecule has 0 amide bonds. The molecule has 1 aliphatic heterocycles. The monoisotopic (exact) mass is 239 g/mol. The molecular formula is C11H17N3O3. The molecule has 1 N–H and O–H groups in total. The zero-order valence-electron chi connectivity index (χ0n) is 9.93. The fraction of sp³-hybridized carbons (Fsp3) is 0.727. The molecule has 2 heterocycles. The number of carbonyl (C=O) groups is 1. The lowest BCUT2D eigenvalue weighted by Gasteiger charge is -2.32. The summed E-state index contributed by atoms with van der Waals surface area (Å²) < 4.78 is 4.95. The average molecular weight is 239 g/mol. The molecule has 17 heavy (non-hydrogen) atoms. The topological polar surface area (TPSA) is 79.5 Å². The van der Waals surface area contributed by atoms with Crippen molar-refractivity contribution in [1.29, 1.82) is 0 Å². The number of piperidine rings is 1. The van der Waals surface area contributed by atoms with Crippen molar-refractivity contribution >= 4 is 5.97 Å². The number of hydrogen-bond donors (Lipinski definition) is 1. The number of nitrogens with zero attached hydrogens (tertiary/aromatic N) is 3. The van der Waals surface area contributed by atoms with Gasteiger partial charge in [0.15, 0.2) is 5.82 Å². The highest BCUT2D eigenvalue weighted by Gasteiger charge is 2.27. The van der Waals surface area contributed by atoms with E-state index in [1.54, 1.807) is 0 Å². The predicted octanol–water partition coefficient (Wildman–Crippen LogP) is 1.24. The molecule has 1 aliphatic rings. The third kappa shape index (κ3) is 2.82. The van der Waals surface area contributed by atoms with Crippen LogP contribution < -0.4 is 0 Å². The van der Waals surface area contributed by atoms with Gasteiger partial charge in [0, 0.05) is 0 Å². The van der Waals surface area contributed by atoms with Crippen molar-refractivity contribution < 1.29 is 14.4 Å². The number of hydrogen-bond acceptors (Lipinski definition) is 5. The van der Waals surface area contributed by atoms with Crippen LogP contribution in [0.15, 0.2) is 4.52 Å². The Morgan fingerprint density at radius 2 is 2.41 bits per heavy atom. The normalized spacial score (nSPS) is 21.6. The Kier molecular flexibility index (Phi) is 3.73. The van der Waals surface area contributed by atoms with Crippen molar-refractivity contribution in [2.75, 3.05) is 13.1 Å². The molecule has 1 saturated heterocycles. The van der Waals surface area contributed by atoms with Crippen LogP contribution >= 0.6 is 0 Å². The molecule has 94 valence electrons. The third-order valence-electron chi connectivity index (χ3n) is 3.10. The maximum atomic E-state index is 10.5. The molecule has 1 atom stereocenters. The van der Waals surface area contributed by atoms with Gasteiger partial charge in [0.05, 0.1) is 6.04 Å². The summed E-state index contributed by atoms with van der Waals surface area (Å²) in [6.07, 6.45) is 3.17. The summed E-state index contributed by atoms with van der Waals surface area (Å²) in [4.78, 5) is 17.0. The van der Waals surface area contributed by atoms with Crippen LogP contribution in [-0.2, 0) is 11.2 Å². The number of aliphatic carboxylic acids is 1. The van der Waals surface area contributed by atoms with Crippen molar-refractivity contribution in [3.05, 3.63) is 11.7 Å². The van der Waals surface area contributed by atoms with Gasteiger partial charge in [-0.2, -0.15) is 4.98 Å². The second kappa shape index (κ2) is 5.27. The van der Waals surface area contributed by atoms with E-state index in [1.165, 1.54) is 6.42 Å². The van der Waals surface area contributed by atoms with Gasteiger partial charge in [-0.05, 0) is 25.9 Å².